The van der Waals surface area contributed by atoms with Crippen molar-refractivity contribution in [2.75, 3.05) is 20.2 Å². The topological polar surface area (TPSA) is 75.0 Å². The monoisotopic (exact) mass is 394 g/mol. The first-order valence-corrected chi connectivity index (χ1v) is 9.94. The fraction of sp³-hybridized carbons (Fsp3) is 0.348. The van der Waals surface area contributed by atoms with Crippen molar-refractivity contribution in [3.8, 4) is 23.0 Å². The summed E-state index contributed by atoms with van der Waals surface area (Å²) in [5, 5.41) is 12.9. The van der Waals surface area contributed by atoms with Gasteiger partial charge < -0.3 is 19.0 Å². The second kappa shape index (κ2) is 8.57. The van der Waals surface area contributed by atoms with Crippen molar-refractivity contribution < 1.29 is 19.0 Å². The minimum atomic E-state index is -0.292. The van der Waals surface area contributed by atoms with Gasteiger partial charge in [0.1, 0.15) is 23.3 Å². The Kier molecular flexibility index (Phi) is 5.71. The van der Waals surface area contributed by atoms with Crippen molar-refractivity contribution in [2.45, 2.75) is 32.2 Å². The van der Waals surface area contributed by atoms with Crippen LogP contribution in [0.2, 0.25) is 0 Å². The summed E-state index contributed by atoms with van der Waals surface area (Å²) < 4.78 is 16.6. The van der Waals surface area contributed by atoms with Crippen LogP contribution in [0, 0.1) is 0 Å². The molecule has 0 atom stereocenters. The van der Waals surface area contributed by atoms with Gasteiger partial charge >= 0.3 is 0 Å². The smallest absolute Gasteiger partial charge is 0.235 e. The average Bonchev–Trinajstić information content (AvgIpc) is 3.01. The highest BCUT2D eigenvalue weighted by Gasteiger charge is 2.16. The Morgan fingerprint density at radius 3 is 2.38 bits per heavy atom. The average molecular weight is 394 g/mol. The summed E-state index contributed by atoms with van der Waals surface area (Å²) in [6, 6.07) is 9.91. The van der Waals surface area contributed by atoms with E-state index in [9.17, 15) is 9.90 Å². The quantitative estimate of drug-likeness (QED) is 0.650. The van der Waals surface area contributed by atoms with Gasteiger partial charge in [0.2, 0.25) is 11.2 Å². The molecule has 0 aliphatic carbocycles. The van der Waals surface area contributed by atoms with Crippen LogP contribution in [-0.2, 0) is 6.54 Å². The number of ether oxygens (including phenoxy) is 2. The zero-order chi connectivity index (χ0) is 20.2. The van der Waals surface area contributed by atoms with Crippen molar-refractivity contribution >= 4 is 11.0 Å². The molecule has 3 aromatic rings. The first-order chi connectivity index (χ1) is 14.2. The molecule has 4 rings (SSSR count). The zero-order valence-corrected chi connectivity index (χ0v) is 16.5. The predicted octanol–water partition coefficient (Wildman–Crippen LogP) is 4.04. The van der Waals surface area contributed by atoms with Crippen molar-refractivity contribution in [3.05, 3.63) is 58.4 Å². The van der Waals surface area contributed by atoms with E-state index in [0.29, 0.717) is 34.6 Å². The van der Waals surface area contributed by atoms with E-state index in [1.54, 1.807) is 31.4 Å². The van der Waals surface area contributed by atoms with Crippen LogP contribution in [0.1, 0.15) is 31.2 Å². The molecule has 152 valence electrons. The zero-order valence-electron chi connectivity index (χ0n) is 16.5. The van der Waals surface area contributed by atoms with Gasteiger partial charge in [-0.05, 0) is 56.3 Å². The molecule has 0 N–H and O–H groups in total. The third kappa shape index (κ3) is 4.22. The van der Waals surface area contributed by atoms with Gasteiger partial charge in [0.25, 0.3) is 0 Å². The Labute approximate surface area is 169 Å². The van der Waals surface area contributed by atoms with Crippen LogP contribution in [-0.4, -0.2) is 25.1 Å². The summed E-state index contributed by atoms with van der Waals surface area (Å²) in [4.78, 5) is 15.2. The molecule has 0 amide bonds. The number of hydrogen-bond acceptors (Lipinski definition) is 6. The van der Waals surface area contributed by atoms with E-state index in [1.807, 2.05) is 0 Å². The number of methoxy groups -OCH3 is 1. The summed E-state index contributed by atoms with van der Waals surface area (Å²) >= 11 is 0. The largest absolute Gasteiger partial charge is 0.872 e. The summed E-state index contributed by atoms with van der Waals surface area (Å²) in [5.41, 5.74) is 0.602. The van der Waals surface area contributed by atoms with Gasteiger partial charge in [0, 0.05) is 12.1 Å². The number of fused-ring (bicyclic) bond motifs is 1. The summed E-state index contributed by atoms with van der Waals surface area (Å²) in [6.07, 6.45) is 5.99. The second-order valence-corrected chi connectivity index (χ2v) is 7.32. The molecule has 6 heteroatoms. The molecule has 1 saturated heterocycles. The molecule has 0 spiro atoms. The van der Waals surface area contributed by atoms with E-state index < -0.39 is 0 Å². The molecule has 29 heavy (non-hydrogen) atoms. The van der Waals surface area contributed by atoms with Crippen molar-refractivity contribution in [2.24, 2.45) is 0 Å². The molecular formula is C23H24NO5-. The number of likely N-dealkylation sites (tertiary alicyclic amines) is 1. The molecule has 1 fully saturated rings. The van der Waals surface area contributed by atoms with Crippen molar-refractivity contribution in [3.63, 3.8) is 0 Å². The number of hydrogen-bond donors (Lipinski definition) is 0. The van der Waals surface area contributed by atoms with Crippen LogP contribution in [0.4, 0.5) is 0 Å². The van der Waals surface area contributed by atoms with Crippen LogP contribution in [0.25, 0.3) is 11.0 Å². The second-order valence-electron chi connectivity index (χ2n) is 7.32. The summed E-state index contributed by atoms with van der Waals surface area (Å²) in [5.74, 6) is 1.18. The molecule has 1 aromatic heterocycles. The highest BCUT2D eigenvalue weighted by molar-refractivity contribution is 5.82. The molecule has 1 aliphatic heterocycles. The Hall–Kier alpha value is -2.99. The number of benzene rings is 2. The lowest BCUT2D eigenvalue weighted by Crippen LogP contribution is -2.25. The SMILES string of the molecule is COc1ccc(Oc2coc3c(CN4CCCCCC4)c([O-])ccc3c2=O)cc1. The Balaban J connectivity index is 1.65. The van der Waals surface area contributed by atoms with Gasteiger partial charge in [-0.25, -0.2) is 0 Å². The van der Waals surface area contributed by atoms with E-state index in [2.05, 4.69) is 4.90 Å². The molecular weight excluding hydrogens is 370 g/mol. The number of rotatable bonds is 5. The van der Waals surface area contributed by atoms with E-state index in [4.69, 9.17) is 13.9 Å². The van der Waals surface area contributed by atoms with E-state index in [-0.39, 0.29) is 16.9 Å². The van der Waals surface area contributed by atoms with Crippen LogP contribution < -0.4 is 20.0 Å². The third-order valence-corrected chi connectivity index (χ3v) is 5.34. The highest BCUT2D eigenvalue weighted by atomic mass is 16.5. The predicted molar refractivity (Wildman–Crippen MR) is 109 cm³/mol. The highest BCUT2D eigenvalue weighted by Crippen LogP contribution is 2.29. The van der Waals surface area contributed by atoms with Crippen LogP contribution in [0.3, 0.4) is 0 Å². The molecule has 2 aromatic carbocycles. The lowest BCUT2D eigenvalue weighted by Gasteiger charge is -2.23. The Bertz CT molecular complexity index is 1030. The fourth-order valence-electron chi connectivity index (χ4n) is 3.73. The van der Waals surface area contributed by atoms with Gasteiger partial charge in [0.15, 0.2) is 0 Å². The lowest BCUT2D eigenvalue weighted by atomic mass is 10.1. The van der Waals surface area contributed by atoms with Crippen LogP contribution in [0.5, 0.6) is 23.0 Å². The van der Waals surface area contributed by atoms with Gasteiger partial charge in [-0.1, -0.05) is 18.9 Å². The van der Waals surface area contributed by atoms with E-state index in [0.717, 1.165) is 25.9 Å². The standard InChI is InChI=1S/C23H25NO5/c1-27-16-6-8-17(9-7-16)29-21-15-28-23-18(22(21)26)10-11-20(25)19(23)14-24-12-4-2-3-5-13-24/h6-11,15,25H,2-5,12-14H2,1H3/p-1. The van der Waals surface area contributed by atoms with E-state index >= 15 is 0 Å². The van der Waals surface area contributed by atoms with Crippen LogP contribution >= 0.6 is 0 Å². The lowest BCUT2D eigenvalue weighted by molar-refractivity contribution is -0.269. The first-order valence-electron chi connectivity index (χ1n) is 9.94. The third-order valence-electron chi connectivity index (χ3n) is 5.34. The molecule has 0 bridgehead atoms. The Morgan fingerprint density at radius 1 is 1.00 bits per heavy atom. The summed E-state index contributed by atoms with van der Waals surface area (Å²) in [6.45, 7) is 2.41. The van der Waals surface area contributed by atoms with E-state index in [1.165, 1.54) is 31.2 Å². The minimum absolute atomic E-state index is 0.0852. The number of nitrogens with zero attached hydrogens (tertiary/aromatic N) is 1. The summed E-state index contributed by atoms with van der Waals surface area (Å²) in [7, 11) is 1.58. The van der Waals surface area contributed by atoms with Gasteiger partial charge in [-0.15, -0.1) is 5.75 Å². The Morgan fingerprint density at radius 2 is 1.69 bits per heavy atom. The maximum Gasteiger partial charge on any atom is 0.235 e. The first kappa shape index (κ1) is 19.3. The van der Waals surface area contributed by atoms with Crippen molar-refractivity contribution in [1.29, 1.82) is 0 Å². The minimum Gasteiger partial charge on any atom is -0.872 e. The fourth-order valence-corrected chi connectivity index (χ4v) is 3.73. The molecule has 2 heterocycles. The van der Waals surface area contributed by atoms with Crippen molar-refractivity contribution in [1.82, 2.24) is 4.90 Å². The molecule has 0 radical (unpaired) electrons. The van der Waals surface area contributed by atoms with Gasteiger partial charge in [0.05, 0.1) is 12.5 Å². The van der Waals surface area contributed by atoms with Gasteiger partial charge in [-0.3, -0.25) is 9.69 Å². The molecule has 0 saturated carbocycles. The normalized spacial score (nSPS) is 15.2. The maximum atomic E-state index is 12.9. The molecule has 1 aliphatic rings. The van der Waals surface area contributed by atoms with Gasteiger partial charge in [-0.2, -0.15) is 0 Å². The molecule has 6 nitrogen and oxygen atoms in total. The van der Waals surface area contributed by atoms with Crippen LogP contribution in [0.15, 0.2) is 51.9 Å². The molecule has 0 unspecified atom stereocenters. The maximum absolute atomic E-state index is 12.9.